The fourth-order valence-electron chi connectivity index (χ4n) is 2.42. The molecule has 1 saturated heterocycles. The van der Waals surface area contributed by atoms with Crippen LogP contribution in [0.25, 0.3) is 5.65 Å². The zero-order valence-electron chi connectivity index (χ0n) is 10.2. The van der Waals surface area contributed by atoms with Gasteiger partial charge in [-0.1, -0.05) is 6.07 Å². The first-order valence-corrected chi connectivity index (χ1v) is 6.19. The number of hydrogen-bond acceptors (Lipinski definition) is 3. The molecule has 3 rings (SSSR count). The van der Waals surface area contributed by atoms with Gasteiger partial charge in [-0.3, -0.25) is 4.90 Å². The average molecular weight is 230 g/mol. The SMILES string of the molecule is Cc1cn2c(CN3CCNCC3)cccc2n1. The molecule has 1 fully saturated rings. The van der Waals surface area contributed by atoms with Gasteiger partial charge in [0, 0.05) is 44.6 Å². The second kappa shape index (κ2) is 4.47. The van der Waals surface area contributed by atoms with Crippen molar-refractivity contribution in [3.63, 3.8) is 0 Å². The first-order valence-electron chi connectivity index (χ1n) is 6.19. The van der Waals surface area contributed by atoms with Gasteiger partial charge in [0.25, 0.3) is 0 Å². The van der Waals surface area contributed by atoms with Crippen LogP contribution in [0.5, 0.6) is 0 Å². The Labute approximate surface area is 101 Å². The molecule has 0 saturated carbocycles. The maximum atomic E-state index is 4.50. The highest BCUT2D eigenvalue weighted by atomic mass is 15.2. The summed E-state index contributed by atoms with van der Waals surface area (Å²) in [5, 5.41) is 3.38. The molecule has 1 aliphatic rings. The second-order valence-electron chi connectivity index (χ2n) is 4.65. The zero-order chi connectivity index (χ0) is 11.7. The lowest BCUT2D eigenvalue weighted by molar-refractivity contribution is 0.230. The zero-order valence-corrected chi connectivity index (χ0v) is 10.2. The van der Waals surface area contributed by atoms with Gasteiger partial charge in [0.2, 0.25) is 0 Å². The van der Waals surface area contributed by atoms with Crippen molar-refractivity contribution in [3.05, 3.63) is 35.8 Å². The number of rotatable bonds is 2. The van der Waals surface area contributed by atoms with Gasteiger partial charge in [0.15, 0.2) is 0 Å². The Hall–Kier alpha value is -1.39. The van der Waals surface area contributed by atoms with E-state index >= 15 is 0 Å². The number of hydrogen-bond donors (Lipinski definition) is 1. The molecule has 0 spiro atoms. The Kier molecular flexibility index (Phi) is 2.82. The van der Waals surface area contributed by atoms with Crippen molar-refractivity contribution in [2.75, 3.05) is 26.2 Å². The summed E-state index contributed by atoms with van der Waals surface area (Å²) >= 11 is 0. The monoisotopic (exact) mass is 230 g/mol. The summed E-state index contributed by atoms with van der Waals surface area (Å²) in [6, 6.07) is 6.35. The smallest absolute Gasteiger partial charge is 0.137 e. The van der Waals surface area contributed by atoms with Crippen molar-refractivity contribution in [2.24, 2.45) is 0 Å². The summed E-state index contributed by atoms with van der Waals surface area (Å²) in [7, 11) is 0. The maximum Gasteiger partial charge on any atom is 0.137 e. The van der Waals surface area contributed by atoms with Crippen LogP contribution in [0.4, 0.5) is 0 Å². The summed E-state index contributed by atoms with van der Waals surface area (Å²) < 4.78 is 2.21. The minimum atomic E-state index is 1.01. The van der Waals surface area contributed by atoms with E-state index in [1.165, 1.54) is 5.69 Å². The molecule has 0 atom stereocenters. The summed E-state index contributed by atoms with van der Waals surface area (Å²) in [6.07, 6.45) is 2.12. The van der Waals surface area contributed by atoms with E-state index < -0.39 is 0 Å². The Morgan fingerprint density at radius 2 is 2.12 bits per heavy atom. The molecule has 0 unspecified atom stereocenters. The Morgan fingerprint density at radius 1 is 1.29 bits per heavy atom. The normalized spacial score (nSPS) is 17.7. The molecule has 1 aliphatic heterocycles. The third-order valence-electron chi connectivity index (χ3n) is 3.29. The minimum absolute atomic E-state index is 1.01. The average Bonchev–Trinajstić information content (AvgIpc) is 2.72. The minimum Gasteiger partial charge on any atom is -0.314 e. The fourth-order valence-corrected chi connectivity index (χ4v) is 2.42. The molecular weight excluding hydrogens is 212 g/mol. The van der Waals surface area contributed by atoms with Crippen molar-refractivity contribution in [2.45, 2.75) is 13.5 Å². The first kappa shape index (κ1) is 10.7. The quantitative estimate of drug-likeness (QED) is 0.837. The van der Waals surface area contributed by atoms with E-state index in [-0.39, 0.29) is 0 Å². The third kappa shape index (κ3) is 2.18. The number of pyridine rings is 1. The van der Waals surface area contributed by atoms with Gasteiger partial charge >= 0.3 is 0 Å². The van der Waals surface area contributed by atoms with Crippen LogP contribution in [0.2, 0.25) is 0 Å². The lowest BCUT2D eigenvalue weighted by Crippen LogP contribution is -2.43. The maximum absolute atomic E-state index is 4.50. The molecule has 2 aromatic heterocycles. The van der Waals surface area contributed by atoms with Crippen LogP contribution in [-0.2, 0) is 6.54 Å². The summed E-state index contributed by atoms with van der Waals surface area (Å²) in [4.78, 5) is 6.99. The molecule has 17 heavy (non-hydrogen) atoms. The van der Waals surface area contributed by atoms with E-state index in [1.807, 2.05) is 6.92 Å². The van der Waals surface area contributed by atoms with E-state index in [4.69, 9.17) is 0 Å². The van der Waals surface area contributed by atoms with Crippen LogP contribution in [0.3, 0.4) is 0 Å². The molecule has 2 aromatic rings. The molecule has 90 valence electrons. The molecule has 4 heteroatoms. The van der Waals surface area contributed by atoms with Gasteiger partial charge in [0.1, 0.15) is 5.65 Å². The molecule has 0 aromatic carbocycles. The summed E-state index contributed by atoms with van der Waals surface area (Å²) in [5.41, 5.74) is 3.46. The Bertz CT molecular complexity index is 511. The Morgan fingerprint density at radius 3 is 2.94 bits per heavy atom. The van der Waals surface area contributed by atoms with Gasteiger partial charge < -0.3 is 9.72 Å². The van der Waals surface area contributed by atoms with Crippen molar-refractivity contribution < 1.29 is 0 Å². The standard InChI is InChI=1S/C13H18N4/c1-11-9-17-12(3-2-4-13(17)15-11)10-16-7-5-14-6-8-16/h2-4,9,14H,5-8,10H2,1H3. The lowest BCUT2D eigenvalue weighted by atomic mass is 10.3. The van der Waals surface area contributed by atoms with Crippen LogP contribution in [0, 0.1) is 6.92 Å². The molecule has 1 N–H and O–H groups in total. The van der Waals surface area contributed by atoms with E-state index in [1.54, 1.807) is 0 Å². The number of fused-ring (bicyclic) bond motifs is 1. The van der Waals surface area contributed by atoms with E-state index in [9.17, 15) is 0 Å². The number of aromatic nitrogens is 2. The molecule has 3 heterocycles. The van der Waals surface area contributed by atoms with Crippen molar-refractivity contribution in [1.82, 2.24) is 19.6 Å². The lowest BCUT2D eigenvalue weighted by Gasteiger charge is -2.27. The Balaban J connectivity index is 1.88. The topological polar surface area (TPSA) is 32.6 Å². The van der Waals surface area contributed by atoms with Crippen molar-refractivity contribution in [3.8, 4) is 0 Å². The van der Waals surface area contributed by atoms with Crippen LogP contribution >= 0.6 is 0 Å². The molecule has 0 radical (unpaired) electrons. The number of aryl methyl sites for hydroxylation is 1. The number of nitrogens with zero attached hydrogens (tertiary/aromatic N) is 3. The van der Waals surface area contributed by atoms with Crippen LogP contribution in [-0.4, -0.2) is 40.5 Å². The van der Waals surface area contributed by atoms with Crippen LogP contribution in [0.1, 0.15) is 11.4 Å². The van der Waals surface area contributed by atoms with Crippen molar-refractivity contribution >= 4 is 5.65 Å². The van der Waals surface area contributed by atoms with Gasteiger partial charge in [0.05, 0.1) is 5.69 Å². The number of imidazole rings is 1. The van der Waals surface area contributed by atoms with Crippen LogP contribution < -0.4 is 5.32 Å². The first-order chi connectivity index (χ1) is 8.33. The molecular formula is C13H18N4. The van der Waals surface area contributed by atoms with E-state index in [2.05, 4.69) is 44.0 Å². The molecule has 0 bridgehead atoms. The summed E-state index contributed by atoms with van der Waals surface area (Å²) in [6.45, 7) is 7.50. The fraction of sp³-hybridized carbons (Fsp3) is 0.462. The van der Waals surface area contributed by atoms with E-state index in [0.717, 1.165) is 44.1 Å². The molecule has 0 aliphatic carbocycles. The van der Waals surface area contributed by atoms with E-state index in [0.29, 0.717) is 0 Å². The highest BCUT2D eigenvalue weighted by molar-refractivity contribution is 5.41. The van der Waals surface area contributed by atoms with Gasteiger partial charge in [-0.2, -0.15) is 0 Å². The number of piperazine rings is 1. The van der Waals surface area contributed by atoms with Gasteiger partial charge in [-0.15, -0.1) is 0 Å². The predicted octanol–water partition coefficient (Wildman–Crippen LogP) is 1.05. The highest BCUT2D eigenvalue weighted by Crippen LogP contribution is 2.11. The predicted molar refractivity (Wildman–Crippen MR) is 68.1 cm³/mol. The third-order valence-corrected chi connectivity index (χ3v) is 3.29. The largest absolute Gasteiger partial charge is 0.314 e. The van der Waals surface area contributed by atoms with Crippen molar-refractivity contribution in [1.29, 1.82) is 0 Å². The number of nitrogens with one attached hydrogen (secondary N) is 1. The summed E-state index contributed by atoms with van der Waals surface area (Å²) in [5.74, 6) is 0. The van der Waals surface area contributed by atoms with Gasteiger partial charge in [-0.05, 0) is 19.1 Å². The second-order valence-corrected chi connectivity index (χ2v) is 4.65. The van der Waals surface area contributed by atoms with Gasteiger partial charge in [-0.25, -0.2) is 4.98 Å². The molecule has 4 nitrogen and oxygen atoms in total. The highest BCUT2D eigenvalue weighted by Gasteiger charge is 2.11. The molecule has 0 amide bonds. The van der Waals surface area contributed by atoms with Crippen LogP contribution in [0.15, 0.2) is 24.4 Å².